The van der Waals surface area contributed by atoms with Crippen LogP contribution < -0.4 is 4.74 Å². The van der Waals surface area contributed by atoms with Gasteiger partial charge in [-0.2, -0.15) is 0 Å². The van der Waals surface area contributed by atoms with Gasteiger partial charge in [0.25, 0.3) is 0 Å². The number of unbranched alkanes of at least 4 members (excludes halogenated alkanes) is 10. The summed E-state index contributed by atoms with van der Waals surface area (Å²) in [6, 6.07) is 12.9. The van der Waals surface area contributed by atoms with Crippen molar-refractivity contribution < 1.29 is 4.74 Å². The zero-order valence-electron chi connectivity index (χ0n) is 20.4. The first-order valence-corrected chi connectivity index (χ1v) is 12.9. The fourth-order valence-corrected chi connectivity index (χ4v) is 4.06. The van der Waals surface area contributed by atoms with Crippen molar-refractivity contribution in [2.45, 2.75) is 117 Å². The second-order valence-electron chi connectivity index (χ2n) is 9.07. The second-order valence-corrected chi connectivity index (χ2v) is 9.07. The molecular weight excluding hydrogens is 378 g/mol. The van der Waals surface area contributed by atoms with Gasteiger partial charge in [-0.1, -0.05) is 96.3 Å². The maximum absolute atomic E-state index is 6.08. The van der Waals surface area contributed by atoms with Gasteiger partial charge in [-0.3, -0.25) is 4.98 Å². The molecule has 0 spiro atoms. The second kappa shape index (κ2) is 15.9. The zero-order chi connectivity index (χ0) is 22.2. The van der Waals surface area contributed by atoms with Crippen LogP contribution in [-0.4, -0.2) is 11.1 Å². The summed E-state index contributed by atoms with van der Waals surface area (Å²) in [5.74, 6) is 0.964. The first kappa shape index (κ1) is 25.4. The summed E-state index contributed by atoms with van der Waals surface area (Å²) in [6.45, 7) is 6.70. The van der Waals surface area contributed by atoms with E-state index in [1.54, 1.807) is 0 Å². The molecule has 2 aromatic rings. The van der Waals surface area contributed by atoms with E-state index >= 15 is 0 Å². The number of aryl methyl sites for hydroxylation is 1. The number of pyridine rings is 1. The van der Waals surface area contributed by atoms with E-state index in [4.69, 9.17) is 9.72 Å². The highest BCUT2D eigenvalue weighted by atomic mass is 16.5. The third-order valence-corrected chi connectivity index (χ3v) is 6.10. The smallest absolute Gasteiger partial charge is 0.119 e. The van der Waals surface area contributed by atoms with Crippen molar-refractivity contribution in [3.05, 3.63) is 48.3 Å². The van der Waals surface area contributed by atoms with E-state index in [-0.39, 0.29) is 6.10 Å². The lowest BCUT2D eigenvalue weighted by atomic mass is 10.0. The van der Waals surface area contributed by atoms with Crippen LogP contribution >= 0.6 is 0 Å². The lowest BCUT2D eigenvalue weighted by Crippen LogP contribution is -2.11. The average molecular weight is 424 g/mol. The van der Waals surface area contributed by atoms with E-state index in [1.807, 2.05) is 6.20 Å². The Labute approximate surface area is 191 Å². The quantitative estimate of drug-likeness (QED) is 0.237. The Morgan fingerprint density at radius 3 is 1.87 bits per heavy atom. The SMILES string of the molecule is CCCCCCCCCCc1ccc(-c2ccc(O[C@@H](C)CCCCCC)cc2)cn1. The van der Waals surface area contributed by atoms with Crippen LogP contribution in [0.25, 0.3) is 11.1 Å². The molecule has 0 amide bonds. The summed E-state index contributed by atoms with van der Waals surface area (Å²) < 4.78 is 6.08. The fraction of sp³-hybridized carbons (Fsp3) is 0.621. The molecule has 1 aromatic heterocycles. The molecule has 0 saturated carbocycles. The van der Waals surface area contributed by atoms with Gasteiger partial charge in [-0.25, -0.2) is 0 Å². The van der Waals surface area contributed by atoms with Crippen molar-refractivity contribution in [1.29, 1.82) is 0 Å². The topological polar surface area (TPSA) is 22.1 Å². The molecule has 0 bridgehead atoms. The minimum Gasteiger partial charge on any atom is -0.491 e. The van der Waals surface area contributed by atoms with Crippen LogP contribution in [0.3, 0.4) is 0 Å². The summed E-state index contributed by atoms with van der Waals surface area (Å²) in [6.07, 6.45) is 20.6. The van der Waals surface area contributed by atoms with E-state index in [2.05, 4.69) is 57.2 Å². The minimum absolute atomic E-state index is 0.278. The Balaban J connectivity index is 1.69. The van der Waals surface area contributed by atoms with Crippen LogP contribution in [0, 0.1) is 0 Å². The molecule has 0 fully saturated rings. The van der Waals surface area contributed by atoms with Crippen LogP contribution in [0.15, 0.2) is 42.6 Å². The predicted molar refractivity (Wildman–Crippen MR) is 135 cm³/mol. The lowest BCUT2D eigenvalue weighted by molar-refractivity contribution is 0.206. The Kier molecular flexibility index (Phi) is 13.0. The number of hydrogen-bond donors (Lipinski definition) is 0. The summed E-state index contributed by atoms with van der Waals surface area (Å²) in [7, 11) is 0. The molecule has 0 aliphatic heterocycles. The van der Waals surface area contributed by atoms with Gasteiger partial charge in [0, 0.05) is 17.5 Å². The molecule has 0 aliphatic rings. The molecule has 2 rings (SSSR count). The molecule has 0 aliphatic carbocycles. The van der Waals surface area contributed by atoms with Crippen molar-refractivity contribution in [3.8, 4) is 16.9 Å². The van der Waals surface area contributed by atoms with Crippen molar-refractivity contribution in [2.24, 2.45) is 0 Å². The van der Waals surface area contributed by atoms with Crippen LogP contribution in [0.4, 0.5) is 0 Å². The van der Waals surface area contributed by atoms with Gasteiger partial charge in [-0.15, -0.1) is 0 Å². The Morgan fingerprint density at radius 2 is 1.26 bits per heavy atom. The molecule has 172 valence electrons. The molecule has 2 heteroatoms. The van der Waals surface area contributed by atoms with Crippen LogP contribution in [0.1, 0.15) is 110 Å². The number of nitrogens with zero attached hydrogens (tertiary/aromatic N) is 1. The fourth-order valence-electron chi connectivity index (χ4n) is 4.06. The molecule has 0 unspecified atom stereocenters. The maximum atomic E-state index is 6.08. The van der Waals surface area contributed by atoms with Crippen molar-refractivity contribution in [3.63, 3.8) is 0 Å². The number of benzene rings is 1. The number of hydrogen-bond acceptors (Lipinski definition) is 2. The highest BCUT2D eigenvalue weighted by Gasteiger charge is 2.05. The van der Waals surface area contributed by atoms with Crippen molar-refractivity contribution >= 4 is 0 Å². The van der Waals surface area contributed by atoms with Crippen LogP contribution in [0.2, 0.25) is 0 Å². The molecular formula is C29H45NO. The van der Waals surface area contributed by atoms with Gasteiger partial charge in [0.15, 0.2) is 0 Å². The first-order valence-electron chi connectivity index (χ1n) is 12.9. The van der Waals surface area contributed by atoms with E-state index in [9.17, 15) is 0 Å². The van der Waals surface area contributed by atoms with Gasteiger partial charge >= 0.3 is 0 Å². The van der Waals surface area contributed by atoms with Crippen LogP contribution in [0.5, 0.6) is 5.75 Å². The van der Waals surface area contributed by atoms with E-state index in [1.165, 1.54) is 93.9 Å². The summed E-state index contributed by atoms with van der Waals surface area (Å²) in [5.41, 5.74) is 3.60. The molecule has 0 radical (unpaired) electrons. The van der Waals surface area contributed by atoms with E-state index in [0.717, 1.165) is 18.6 Å². The Hall–Kier alpha value is -1.83. The van der Waals surface area contributed by atoms with Crippen molar-refractivity contribution in [1.82, 2.24) is 4.98 Å². The highest BCUT2D eigenvalue weighted by molar-refractivity contribution is 5.63. The normalized spacial score (nSPS) is 12.1. The largest absolute Gasteiger partial charge is 0.491 e. The minimum atomic E-state index is 0.278. The van der Waals surface area contributed by atoms with Gasteiger partial charge in [-0.05, 0) is 56.4 Å². The van der Waals surface area contributed by atoms with Crippen LogP contribution in [-0.2, 0) is 6.42 Å². The average Bonchev–Trinajstić information content (AvgIpc) is 2.79. The molecule has 2 nitrogen and oxygen atoms in total. The lowest BCUT2D eigenvalue weighted by Gasteiger charge is -2.15. The maximum Gasteiger partial charge on any atom is 0.119 e. The van der Waals surface area contributed by atoms with Gasteiger partial charge in [0.2, 0.25) is 0 Å². The highest BCUT2D eigenvalue weighted by Crippen LogP contribution is 2.23. The number of rotatable bonds is 17. The third-order valence-electron chi connectivity index (χ3n) is 6.10. The monoisotopic (exact) mass is 423 g/mol. The molecule has 31 heavy (non-hydrogen) atoms. The number of ether oxygens (including phenoxy) is 1. The van der Waals surface area contributed by atoms with E-state index in [0.29, 0.717) is 0 Å². The Bertz CT molecular complexity index is 677. The molecule has 1 aromatic carbocycles. The standard InChI is InChI=1S/C29H45NO/c1-4-6-8-10-11-12-13-15-17-28-21-18-27(24-30-28)26-19-22-29(23-20-26)31-25(3)16-14-9-7-5-2/h18-25H,4-17H2,1-3H3/t25-/m0/s1. The molecule has 1 atom stereocenters. The van der Waals surface area contributed by atoms with Crippen molar-refractivity contribution in [2.75, 3.05) is 0 Å². The van der Waals surface area contributed by atoms with Gasteiger partial charge < -0.3 is 4.74 Å². The molecule has 1 heterocycles. The zero-order valence-corrected chi connectivity index (χ0v) is 20.4. The Morgan fingerprint density at radius 1 is 0.677 bits per heavy atom. The van der Waals surface area contributed by atoms with E-state index < -0.39 is 0 Å². The summed E-state index contributed by atoms with van der Waals surface area (Å²) in [5, 5.41) is 0. The summed E-state index contributed by atoms with van der Waals surface area (Å²) in [4.78, 5) is 4.70. The predicted octanol–water partition coefficient (Wildman–Crippen LogP) is 9.17. The molecule has 0 saturated heterocycles. The first-order chi connectivity index (χ1) is 15.2. The van der Waals surface area contributed by atoms with Gasteiger partial charge in [0.05, 0.1) is 6.10 Å². The number of aromatic nitrogens is 1. The third kappa shape index (κ3) is 10.8. The summed E-state index contributed by atoms with van der Waals surface area (Å²) >= 11 is 0. The molecule has 0 N–H and O–H groups in total. The van der Waals surface area contributed by atoms with Gasteiger partial charge in [0.1, 0.15) is 5.75 Å².